The fourth-order valence-corrected chi connectivity index (χ4v) is 4.53. The molecular formula is C28H29F3O2. The minimum atomic E-state index is -0.778. The van der Waals surface area contributed by atoms with E-state index in [2.05, 4.69) is 0 Å². The van der Waals surface area contributed by atoms with Gasteiger partial charge in [-0.3, -0.25) is 0 Å². The van der Waals surface area contributed by atoms with Crippen LogP contribution in [0.15, 0.2) is 54.6 Å². The maximum Gasteiger partial charge on any atom is 0.168 e. The first-order valence-electron chi connectivity index (χ1n) is 11.6. The van der Waals surface area contributed by atoms with Crippen molar-refractivity contribution in [3.63, 3.8) is 0 Å². The molecule has 0 saturated heterocycles. The molecule has 0 atom stereocenters. The van der Waals surface area contributed by atoms with Gasteiger partial charge in [0, 0.05) is 11.6 Å². The number of halogens is 3. The Kier molecular flexibility index (Phi) is 7.26. The zero-order chi connectivity index (χ0) is 23.4. The smallest absolute Gasteiger partial charge is 0.168 e. The average molecular weight is 455 g/mol. The first-order valence-corrected chi connectivity index (χ1v) is 11.6. The van der Waals surface area contributed by atoms with E-state index in [1.54, 1.807) is 31.2 Å². The number of aryl methyl sites for hydroxylation is 1. The molecule has 33 heavy (non-hydrogen) atoms. The molecule has 1 aliphatic carbocycles. The van der Waals surface area contributed by atoms with Gasteiger partial charge in [0.15, 0.2) is 23.2 Å². The Morgan fingerprint density at radius 3 is 2.21 bits per heavy atom. The summed E-state index contributed by atoms with van der Waals surface area (Å²) in [5.41, 5.74) is 2.50. The van der Waals surface area contributed by atoms with Crippen LogP contribution in [0.4, 0.5) is 13.2 Å². The third-order valence-corrected chi connectivity index (χ3v) is 6.45. The van der Waals surface area contributed by atoms with Crippen LogP contribution >= 0.6 is 0 Å². The highest BCUT2D eigenvalue weighted by atomic mass is 19.2. The molecule has 0 aromatic heterocycles. The SMILES string of the molecule is CCOc1ccc(OCC2CCC(c3ccc(-c4ccc(C)cc4)c(F)c3F)CC2)cc1F. The molecule has 0 spiro atoms. The van der Waals surface area contributed by atoms with Crippen molar-refractivity contribution in [1.82, 2.24) is 0 Å². The number of benzene rings is 3. The summed E-state index contributed by atoms with van der Waals surface area (Å²) in [6.45, 7) is 4.64. The van der Waals surface area contributed by atoms with E-state index in [9.17, 15) is 13.2 Å². The van der Waals surface area contributed by atoms with Crippen molar-refractivity contribution in [2.75, 3.05) is 13.2 Å². The minimum absolute atomic E-state index is 0.00858. The molecule has 0 amide bonds. The predicted molar refractivity (Wildman–Crippen MR) is 124 cm³/mol. The zero-order valence-electron chi connectivity index (χ0n) is 19.0. The molecule has 0 unspecified atom stereocenters. The molecule has 0 bridgehead atoms. The molecular weight excluding hydrogens is 425 g/mol. The molecule has 0 heterocycles. The van der Waals surface area contributed by atoms with E-state index in [1.807, 2.05) is 31.2 Å². The third kappa shape index (κ3) is 5.35. The predicted octanol–water partition coefficient (Wildman–Crippen LogP) is 7.83. The van der Waals surface area contributed by atoms with Crippen molar-refractivity contribution in [2.24, 2.45) is 5.92 Å². The zero-order valence-corrected chi connectivity index (χ0v) is 19.0. The van der Waals surface area contributed by atoms with E-state index < -0.39 is 17.5 Å². The number of hydrogen-bond donors (Lipinski definition) is 0. The molecule has 0 aliphatic heterocycles. The van der Waals surface area contributed by atoms with Gasteiger partial charge in [0.05, 0.1) is 13.2 Å². The standard InChI is InChI=1S/C28H29F3O2/c1-3-32-26-15-12-22(16-25(26)29)33-17-19-6-10-21(11-7-19)24-14-13-23(27(30)28(24)31)20-8-4-18(2)5-9-20/h4-5,8-9,12-16,19,21H,3,6-7,10-11,17H2,1-2H3. The summed E-state index contributed by atoms with van der Waals surface area (Å²) in [5, 5.41) is 0. The van der Waals surface area contributed by atoms with Gasteiger partial charge in [-0.15, -0.1) is 0 Å². The summed E-state index contributed by atoms with van der Waals surface area (Å²) >= 11 is 0. The van der Waals surface area contributed by atoms with Gasteiger partial charge in [-0.1, -0.05) is 42.0 Å². The van der Waals surface area contributed by atoms with Gasteiger partial charge < -0.3 is 9.47 Å². The first kappa shape index (κ1) is 23.2. The fraction of sp³-hybridized carbons (Fsp3) is 0.357. The van der Waals surface area contributed by atoms with Crippen molar-refractivity contribution >= 4 is 0 Å². The number of hydrogen-bond acceptors (Lipinski definition) is 2. The van der Waals surface area contributed by atoms with Crippen molar-refractivity contribution in [2.45, 2.75) is 45.4 Å². The Balaban J connectivity index is 1.35. The lowest BCUT2D eigenvalue weighted by atomic mass is 9.78. The second kappa shape index (κ2) is 10.3. The molecule has 2 nitrogen and oxygen atoms in total. The quantitative estimate of drug-likeness (QED) is 0.362. The molecule has 0 radical (unpaired) electrons. The molecule has 4 rings (SSSR count). The van der Waals surface area contributed by atoms with Crippen molar-refractivity contribution in [3.05, 3.63) is 83.2 Å². The van der Waals surface area contributed by atoms with E-state index in [0.717, 1.165) is 31.2 Å². The van der Waals surface area contributed by atoms with Crippen LogP contribution in [0.25, 0.3) is 11.1 Å². The van der Waals surface area contributed by atoms with Gasteiger partial charge in [0.2, 0.25) is 0 Å². The maximum atomic E-state index is 15.0. The Labute approximate surface area is 193 Å². The second-order valence-corrected chi connectivity index (χ2v) is 8.75. The lowest BCUT2D eigenvalue weighted by molar-refractivity contribution is 0.198. The number of rotatable bonds is 7. The van der Waals surface area contributed by atoms with Gasteiger partial charge in [0.25, 0.3) is 0 Å². The van der Waals surface area contributed by atoms with Crippen LogP contribution in [0.5, 0.6) is 11.5 Å². The summed E-state index contributed by atoms with van der Waals surface area (Å²) in [5.74, 6) is -0.978. The van der Waals surface area contributed by atoms with Crippen molar-refractivity contribution in [3.8, 4) is 22.6 Å². The average Bonchev–Trinajstić information content (AvgIpc) is 2.82. The summed E-state index contributed by atoms with van der Waals surface area (Å²) in [6, 6.07) is 15.5. The Bertz CT molecular complexity index is 1090. The molecule has 174 valence electrons. The third-order valence-electron chi connectivity index (χ3n) is 6.45. The second-order valence-electron chi connectivity index (χ2n) is 8.75. The lowest BCUT2D eigenvalue weighted by Gasteiger charge is -2.29. The van der Waals surface area contributed by atoms with E-state index >= 15 is 0 Å². The topological polar surface area (TPSA) is 18.5 Å². The summed E-state index contributed by atoms with van der Waals surface area (Å²) < 4.78 is 54.8. The Morgan fingerprint density at radius 2 is 1.55 bits per heavy atom. The highest BCUT2D eigenvalue weighted by molar-refractivity contribution is 5.65. The molecule has 1 fully saturated rings. The van der Waals surface area contributed by atoms with E-state index in [-0.39, 0.29) is 11.7 Å². The largest absolute Gasteiger partial charge is 0.493 e. The highest BCUT2D eigenvalue weighted by Gasteiger charge is 2.27. The summed E-state index contributed by atoms with van der Waals surface area (Å²) in [4.78, 5) is 0. The minimum Gasteiger partial charge on any atom is -0.493 e. The summed E-state index contributed by atoms with van der Waals surface area (Å²) in [6.07, 6.45) is 3.24. The van der Waals surface area contributed by atoms with Crippen molar-refractivity contribution < 1.29 is 22.6 Å². The van der Waals surface area contributed by atoms with Gasteiger partial charge in [0.1, 0.15) is 5.75 Å². The fourth-order valence-electron chi connectivity index (χ4n) is 4.53. The van der Waals surface area contributed by atoms with Gasteiger partial charge in [-0.2, -0.15) is 0 Å². The molecule has 3 aromatic carbocycles. The molecule has 1 aliphatic rings. The number of ether oxygens (including phenoxy) is 2. The molecule has 5 heteroatoms. The van der Waals surface area contributed by atoms with Crippen LogP contribution in [0.3, 0.4) is 0 Å². The van der Waals surface area contributed by atoms with Gasteiger partial charge in [-0.05, 0) is 74.6 Å². The first-order chi connectivity index (χ1) is 16.0. The normalized spacial score (nSPS) is 18.2. The van der Waals surface area contributed by atoms with E-state index in [0.29, 0.717) is 41.6 Å². The maximum absolute atomic E-state index is 15.0. The van der Waals surface area contributed by atoms with Crippen LogP contribution in [-0.2, 0) is 0 Å². The van der Waals surface area contributed by atoms with E-state index in [1.165, 1.54) is 6.07 Å². The van der Waals surface area contributed by atoms with Crippen LogP contribution in [0.2, 0.25) is 0 Å². The monoisotopic (exact) mass is 454 g/mol. The molecule has 1 saturated carbocycles. The lowest BCUT2D eigenvalue weighted by Crippen LogP contribution is -2.20. The highest BCUT2D eigenvalue weighted by Crippen LogP contribution is 2.39. The van der Waals surface area contributed by atoms with Gasteiger partial charge >= 0.3 is 0 Å². The Morgan fingerprint density at radius 1 is 0.818 bits per heavy atom. The Hall–Kier alpha value is -2.95. The summed E-state index contributed by atoms with van der Waals surface area (Å²) in [7, 11) is 0. The van der Waals surface area contributed by atoms with Crippen LogP contribution in [-0.4, -0.2) is 13.2 Å². The van der Waals surface area contributed by atoms with Crippen molar-refractivity contribution in [1.29, 1.82) is 0 Å². The van der Waals surface area contributed by atoms with E-state index in [4.69, 9.17) is 9.47 Å². The molecule has 3 aromatic rings. The van der Waals surface area contributed by atoms with Gasteiger partial charge in [-0.25, -0.2) is 13.2 Å². The van der Waals surface area contributed by atoms with Crippen LogP contribution < -0.4 is 9.47 Å². The molecule has 0 N–H and O–H groups in total. The van der Waals surface area contributed by atoms with Crippen LogP contribution in [0, 0.1) is 30.3 Å². The van der Waals surface area contributed by atoms with Crippen LogP contribution in [0.1, 0.15) is 49.7 Å².